The quantitative estimate of drug-likeness (QED) is 0.770. The van der Waals surface area contributed by atoms with E-state index >= 15 is 0 Å². The van der Waals surface area contributed by atoms with E-state index in [4.69, 9.17) is 23.2 Å². The van der Waals surface area contributed by atoms with Gasteiger partial charge in [-0.05, 0) is 31.9 Å². The van der Waals surface area contributed by atoms with Crippen LogP contribution in [0.2, 0.25) is 10.3 Å². The third-order valence-electron chi connectivity index (χ3n) is 3.38. The summed E-state index contributed by atoms with van der Waals surface area (Å²) < 4.78 is 0. The minimum Gasteiger partial charge on any atom is -0.302 e. The van der Waals surface area contributed by atoms with E-state index in [1.807, 2.05) is 6.07 Å². The van der Waals surface area contributed by atoms with Crippen molar-refractivity contribution in [2.75, 3.05) is 13.6 Å². The van der Waals surface area contributed by atoms with Crippen molar-refractivity contribution < 1.29 is 0 Å². The predicted octanol–water partition coefficient (Wildman–Crippen LogP) is 4.01. The van der Waals surface area contributed by atoms with Crippen LogP contribution in [0.1, 0.15) is 31.2 Å². The van der Waals surface area contributed by atoms with Crippen molar-refractivity contribution in [2.45, 2.75) is 32.2 Å². The maximum atomic E-state index is 6.07. The molecule has 0 spiro atoms. The largest absolute Gasteiger partial charge is 0.302 e. The van der Waals surface area contributed by atoms with E-state index in [1.165, 1.54) is 25.7 Å². The highest BCUT2D eigenvalue weighted by Gasteiger charge is 2.17. The molecule has 1 aromatic heterocycles. The SMILES string of the molecule is CN(Cc1ccc(Cl)nc1Cl)CC1CCCC1. The van der Waals surface area contributed by atoms with Crippen LogP contribution in [0.3, 0.4) is 0 Å². The Morgan fingerprint density at radius 3 is 2.65 bits per heavy atom. The highest BCUT2D eigenvalue weighted by molar-refractivity contribution is 6.32. The maximum absolute atomic E-state index is 6.07. The first-order chi connectivity index (χ1) is 8.15. The molecule has 0 bridgehead atoms. The molecule has 0 amide bonds. The number of nitrogens with zero attached hydrogens (tertiary/aromatic N) is 2. The Balaban J connectivity index is 1.90. The van der Waals surface area contributed by atoms with Crippen molar-refractivity contribution in [3.63, 3.8) is 0 Å². The summed E-state index contributed by atoms with van der Waals surface area (Å²) in [5, 5.41) is 0.980. The lowest BCUT2D eigenvalue weighted by atomic mass is 10.1. The Labute approximate surface area is 113 Å². The summed E-state index contributed by atoms with van der Waals surface area (Å²) in [6, 6.07) is 3.76. The fourth-order valence-electron chi connectivity index (χ4n) is 2.55. The summed E-state index contributed by atoms with van der Waals surface area (Å²) in [4.78, 5) is 6.39. The van der Waals surface area contributed by atoms with Crippen LogP contribution >= 0.6 is 23.2 Å². The zero-order valence-corrected chi connectivity index (χ0v) is 11.6. The maximum Gasteiger partial charge on any atom is 0.135 e. The predicted molar refractivity (Wildman–Crippen MR) is 72.5 cm³/mol. The molecule has 0 atom stereocenters. The van der Waals surface area contributed by atoms with Crippen molar-refractivity contribution >= 4 is 23.2 Å². The van der Waals surface area contributed by atoms with Crippen LogP contribution in [0.5, 0.6) is 0 Å². The van der Waals surface area contributed by atoms with Gasteiger partial charge < -0.3 is 4.90 Å². The summed E-state index contributed by atoms with van der Waals surface area (Å²) in [6.07, 6.45) is 5.53. The number of halogens is 2. The summed E-state index contributed by atoms with van der Waals surface area (Å²) in [5.41, 5.74) is 1.05. The highest BCUT2D eigenvalue weighted by Crippen LogP contribution is 2.26. The Morgan fingerprint density at radius 2 is 2.00 bits per heavy atom. The van der Waals surface area contributed by atoms with Gasteiger partial charge in [-0.2, -0.15) is 0 Å². The lowest BCUT2D eigenvalue weighted by Crippen LogP contribution is -2.24. The zero-order valence-electron chi connectivity index (χ0n) is 10.1. The van der Waals surface area contributed by atoms with Gasteiger partial charge in [0.05, 0.1) is 0 Å². The van der Waals surface area contributed by atoms with Gasteiger partial charge in [-0.25, -0.2) is 4.98 Å². The van der Waals surface area contributed by atoms with E-state index in [1.54, 1.807) is 6.07 Å². The first-order valence-corrected chi connectivity index (χ1v) is 6.90. The van der Waals surface area contributed by atoms with E-state index in [2.05, 4.69) is 16.9 Å². The van der Waals surface area contributed by atoms with Crippen LogP contribution in [-0.4, -0.2) is 23.5 Å². The summed E-state index contributed by atoms with van der Waals surface area (Å²) >= 11 is 11.8. The van der Waals surface area contributed by atoms with E-state index in [0.717, 1.165) is 24.6 Å². The fraction of sp³-hybridized carbons (Fsp3) is 0.615. The van der Waals surface area contributed by atoms with Gasteiger partial charge in [0.1, 0.15) is 10.3 Å². The zero-order chi connectivity index (χ0) is 12.3. The van der Waals surface area contributed by atoms with Crippen LogP contribution in [0.25, 0.3) is 0 Å². The van der Waals surface area contributed by atoms with E-state index in [-0.39, 0.29) is 0 Å². The standard InChI is InChI=1S/C13H18Cl2N2/c1-17(8-10-4-2-3-5-10)9-11-6-7-12(14)16-13(11)15/h6-7,10H,2-5,8-9H2,1H3. The van der Waals surface area contributed by atoms with E-state index < -0.39 is 0 Å². The molecule has 4 heteroatoms. The molecule has 0 N–H and O–H groups in total. The highest BCUT2D eigenvalue weighted by atomic mass is 35.5. The normalized spacial score (nSPS) is 16.9. The average Bonchev–Trinajstić information content (AvgIpc) is 2.75. The molecule has 1 aliphatic carbocycles. The van der Waals surface area contributed by atoms with Crippen LogP contribution in [0, 0.1) is 5.92 Å². The van der Waals surface area contributed by atoms with Crippen molar-refractivity contribution in [3.05, 3.63) is 28.0 Å². The second-order valence-electron chi connectivity index (χ2n) is 4.93. The molecule has 0 saturated heterocycles. The molecule has 0 aliphatic heterocycles. The molecule has 0 radical (unpaired) electrons. The second-order valence-corrected chi connectivity index (χ2v) is 5.68. The molecule has 1 aliphatic rings. The third-order valence-corrected chi connectivity index (χ3v) is 3.91. The Hall–Kier alpha value is -0.310. The van der Waals surface area contributed by atoms with Gasteiger partial charge in [-0.3, -0.25) is 0 Å². The van der Waals surface area contributed by atoms with Crippen molar-refractivity contribution in [2.24, 2.45) is 5.92 Å². The van der Waals surface area contributed by atoms with Gasteiger partial charge in [-0.1, -0.05) is 42.1 Å². The van der Waals surface area contributed by atoms with Crippen LogP contribution in [0.15, 0.2) is 12.1 Å². The Kier molecular flexibility index (Phi) is 4.66. The molecule has 2 rings (SSSR count). The number of rotatable bonds is 4. The summed E-state index contributed by atoms with van der Waals surface area (Å²) in [5.74, 6) is 0.860. The molecule has 1 fully saturated rings. The number of pyridine rings is 1. The Bertz CT molecular complexity index is 376. The minimum absolute atomic E-state index is 0.456. The first kappa shape index (κ1) is 13.1. The molecule has 0 unspecified atom stereocenters. The molecule has 1 saturated carbocycles. The summed E-state index contributed by atoms with van der Waals surface area (Å²) in [6.45, 7) is 2.00. The number of hydrogen-bond acceptors (Lipinski definition) is 2. The molecule has 0 aromatic carbocycles. The molecule has 1 aromatic rings. The lowest BCUT2D eigenvalue weighted by Gasteiger charge is -2.21. The molecule has 94 valence electrons. The Morgan fingerprint density at radius 1 is 1.29 bits per heavy atom. The summed E-state index contributed by atoms with van der Waals surface area (Å²) in [7, 11) is 2.14. The van der Waals surface area contributed by atoms with Crippen molar-refractivity contribution in [3.8, 4) is 0 Å². The van der Waals surface area contributed by atoms with Gasteiger partial charge in [0.15, 0.2) is 0 Å². The van der Waals surface area contributed by atoms with E-state index in [9.17, 15) is 0 Å². The van der Waals surface area contributed by atoms with Gasteiger partial charge in [0.2, 0.25) is 0 Å². The van der Waals surface area contributed by atoms with Gasteiger partial charge in [-0.15, -0.1) is 0 Å². The minimum atomic E-state index is 0.456. The molecule has 17 heavy (non-hydrogen) atoms. The van der Waals surface area contributed by atoms with Crippen LogP contribution in [-0.2, 0) is 6.54 Å². The van der Waals surface area contributed by atoms with Crippen LogP contribution in [0.4, 0.5) is 0 Å². The number of hydrogen-bond donors (Lipinski definition) is 0. The molecular formula is C13H18Cl2N2. The average molecular weight is 273 g/mol. The van der Waals surface area contributed by atoms with Crippen molar-refractivity contribution in [1.82, 2.24) is 9.88 Å². The molecule has 1 heterocycles. The van der Waals surface area contributed by atoms with Crippen molar-refractivity contribution in [1.29, 1.82) is 0 Å². The molecular weight excluding hydrogens is 255 g/mol. The fourth-order valence-corrected chi connectivity index (χ4v) is 2.95. The third kappa shape index (κ3) is 3.84. The lowest BCUT2D eigenvalue weighted by molar-refractivity contribution is 0.271. The smallest absolute Gasteiger partial charge is 0.135 e. The van der Waals surface area contributed by atoms with E-state index in [0.29, 0.717) is 10.3 Å². The second kappa shape index (κ2) is 6.03. The van der Waals surface area contributed by atoms with Crippen LogP contribution < -0.4 is 0 Å². The van der Waals surface area contributed by atoms with Gasteiger partial charge in [0.25, 0.3) is 0 Å². The van der Waals surface area contributed by atoms with Gasteiger partial charge in [0, 0.05) is 18.7 Å². The first-order valence-electron chi connectivity index (χ1n) is 6.14. The van der Waals surface area contributed by atoms with Gasteiger partial charge >= 0.3 is 0 Å². The number of aromatic nitrogens is 1. The molecule has 2 nitrogen and oxygen atoms in total. The monoisotopic (exact) mass is 272 g/mol. The topological polar surface area (TPSA) is 16.1 Å².